The van der Waals surface area contributed by atoms with Crippen molar-refractivity contribution in [1.29, 1.82) is 0 Å². The minimum absolute atomic E-state index is 0.106. The van der Waals surface area contributed by atoms with Gasteiger partial charge in [0.15, 0.2) is 0 Å². The van der Waals surface area contributed by atoms with E-state index in [1.54, 1.807) is 29.2 Å². The Balaban J connectivity index is 1.28. The van der Waals surface area contributed by atoms with Gasteiger partial charge in [0.05, 0.1) is 5.56 Å². The standard InChI is InChI=1S/C23H25F3N4O2/c24-23(25,26)18-6-4-16(5-7-18)15-29-10-12-30(13-11-29)21(31)17-2-1-3-20(14-17)28-22(32)27-19-8-9-19/h1-7,14,19H,8-13,15H2,(H2,27,28,32). The number of urea groups is 1. The Morgan fingerprint density at radius 3 is 2.28 bits per heavy atom. The molecule has 32 heavy (non-hydrogen) atoms. The lowest BCUT2D eigenvalue weighted by Crippen LogP contribution is -2.48. The topological polar surface area (TPSA) is 64.7 Å². The fourth-order valence-electron chi connectivity index (χ4n) is 3.66. The van der Waals surface area contributed by atoms with Crippen LogP contribution in [-0.4, -0.2) is 54.0 Å². The molecule has 9 heteroatoms. The number of nitrogens with zero attached hydrogens (tertiary/aromatic N) is 2. The second-order valence-electron chi connectivity index (χ2n) is 8.22. The third-order valence-electron chi connectivity index (χ3n) is 5.63. The number of carbonyl (C=O) groups excluding carboxylic acids is 2. The minimum Gasteiger partial charge on any atom is -0.336 e. The summed E-state index contributed by atoms with van der Waals surface area (Å²) in [5.74, 6) is -0.106. The summed E-state index contributed by atoms with van der Waals surface area (Å²) < 4.78 is 38.1. The third kappa shape index (κ3) is 5.79. The Morgan fingerprint density at radius 1 is 0.969 bits per heavy atom. The van der Waals surface area contributed by atoms with Crippen molar-refractivity contribution in [1.82, 2.24) is 15.1 Å². The van der Waals surface area contributed by atoms with Crippen molar-refractivity contribution in [2.24, 2.45) is 0 Å². The number of amides is 3. The Morgan fingerprint density at radius 2 is 1.66 bits per heavy atom. The summed E-state index contributed by atoms with van der Waals surface area (Å²) in [6, 6.07) is 12.0. The Bertz CT molecular complexity index is 966. The molecule has 0 unspecified atom stereocenters. The van der Waals surface area contributed by atoms with Crippen LogP contribution in [-0.2, 0) is 12.7 Å². The van der Waals surface area contributed by atoms with Crippen LogP contribution in [0, 0.1) is 0 Å². The van der Waals surface area contributed by atoms with Crippen LogP contribution in [0.25, 0.3) is 0 Å². The van der Waals surface area contributed by atoms with E-state index in [2.05, 4.69) is 15.5 Å². The minimum atomic E-state index is -4.33. The zero-order valence-corrected chi connectivity index (χ0v) is 17.5. The van der Waals surface area contributed by atoms with E-state index in [9.17, 15) is 22.8 Å². The molecule has 3 amide bonds. The quantitative estimate of drug-likeness (QED) is 0.731. The van der Waals surface area contributed by atoms with Crippen LogP contribution in [0.4, 0.5) is 23.7 Å². The molecule has 0 radical (unpaired) electrons. The Kier molecular flexibility index (Phi) is 6.36. The molecular formula is C23H25F3N4O2. The monoisotopic (exact) mass is 446 g/mol. The van der Waals surface area contributed by atoms with Gasteiger partial charge in [0, 0.05) is 50.0 Å². The van der Waals surface area contributed by atoms with Crippen molar-refractivity contribution in [3.8, 4) is 0 Å². The zero-order chi connectivity index (χ0) is 22.7. The van der Waals surface area contributed by atoms with Crippen LogP contribution in [0.1, 0.15) is 34.3 Å². The first-order valence-corrected chi connectivity index (χ1v) is 10.6. The summed E-state index contributed by atoms with van der Waals surface area (Å²) in [4.78, 5) is 28.7. The summed E-state index contributed by atoms with van der Waals surface area (Å²) >= 11 is 0. The first-order chi connectivity index (χ1) is 15.3. The zero-order valence-electron chi connectivity index (χ0n) is 17.5. The summed E-state index contributed by atoms with van der Waals surface area (Å²) in [6.07, 6.45) is -2.34. The van der Waals surface area contributed by atoms with Crippen LogP contribution in [0.15, 0.2) is 48.5 Å². The van der Waals surface area contributed by atoms with Crippen molar-refractivity contribution >= 4 is 17.6 Å². The molecule has 1 saturated heterocycles. The van der Waals surface area contributed by atoms with Crippen LogP contribution in [0.3, 0.4) is 0 Å². The molecule has 2 aromatic rings. The Labute approximate surface area is 184 Å². The summed E-state index contributed by atoms with van der Waals surface area (Å²) in [5.41, 5.74) is 1.22. The predicted molar refractivity (Wildman–Crippen MR) is 114 cm³/mol. The number of nitrogens with one attached hydrogen (secondary N) is 2. The lowest BCUT2D eigenvalue weighted by Gasteiger charge is -2.35. The maximum atomic E-state index is 12.9. The third-order valence-corrected chi connectivity index (χ3v) is 5.63. The molecule has 2 aromatic carbocycles. The molecule has 1 aliphatic carbocycles. The molecule has 1 heterocycles. The highest BCUT2D eigenvalue weighted by atomic mass is 19.4. The summed E-state index contributed by atoms with van der Waals surface area (Å²) in [7, 11) is 0. The molecule has 2 fully saturated rings. The van der Waals surface area contributed by atoms with Crippen molar-refractivity contribution in [2.75, 3.05) is 31.5 Å². The van der Waals surface area contributed by atoms with E-state index in [1.807, 2.05) is 0 Å². The van der Waals surface area contributed by atoms with Crippen LogP contribution >= 0.6 is 0 Å². The number of anilines is 1. The van der Waals surface area contributed by atoms with Gasteiger partial charge in [-0.15, -0.1) is 0 Å². The van der Waals surface area contributed by atoms with Crippen LogP contribution in [0.5, 0.6) is 0 Å². The maximum absolute atomic E-state index is 12.9. The van der Waals surface area contributed by atoms with Gasteiger partial charge < -0.3 is 15.5 Å². The molecule has 170 valence electrons. The molecule has 1 saturated carbocycles. The fraction of sp³-hybridized carbons (Fsp3) is 0.391. The van der Waals surface area contributed by atoms with Gasteiger partial charge in [0.1, 0.15) is 0 Å². The number of hydrogen-bond acceptors (Lipinski definition) is 3. The largest absolute Gasteiger partial charge is 0.416 e. The number of rotatable bonds is 5. The molecule has 4 rings (SSSR count). The van der Waals surface area contributed by atoms with Crippen LogP contribution < -0.4 is 10.6 Å². The van der Waals surface area contributed by atoms with E-state index < -0.39 is 11.7 Å². The SMILES string of the molecule is O=C(Nc1cccc(C(=O)N2CCN(Cc3ccc(C(F)(F)F)cc3)CC2)c1)NC1CC1. The molecule has 0 atom stereocenters. The first-order valence-electron chi connectivity index (χ1n) is 10.6. The number of carbonyl (C=O) groups is 2. The van der Waals surface area contributed by atoms with Crippen molar-refractivity contribution in [3.63, 3.8) is 0 Å². The Hall–Kier alpha value is -3.07. The van der Waals surface area contributed by atoms with E-state index in [4.69, 9.17) is 0 Å². The van der Waals surface area contributed by atoms with E-state index >= 15 is 0 Å². The highest BCUT2D eigenvalue weighted by Crippen LogP contribution is 2.29. The first kappa shape index (κ1) is 22.1. The summed E-state index contributed by atoms with van der Waals surface area (Å²) in [5, 5.41) is 5.60. The van der Waals surface area contributed by atoms with Crippen molar-refractivity contribution in [3.05, 3.63) is 65.2 Å². The average Bonchev–Trinajstić information content (AvgIpc) is 3.57. The number of piperazine rings is 1. The molecule has 2 N–H and O–H groups in total. The molecule has 0 spiro atoms. The number of alkyl halides is 3. The molecule has 2 aliphatic rings. The van der Waals surface area contributed by atoms with Gasteiger partial charge in [-0.3, -0.25) is 9.69 Å². The molecule has 0 bridgehead atoms. The molecular weight excluding hydrogens is 421 g/mol. The van der Waals surface area contributed by atoms with E-state index in [0.717, 1.165) is 30.5 Å². The van der Waals surface area contributed by atoms with Gasteiger partial charge in [0.2, 0.25) is 0 Å². The van der Waals surface area contributed by atoms with Gasteiger partial charge in [-0.2, -0.15) is 13.2 Å². The average molecular weight is 446 g/mol. The highest BCUT2D eigenvalue weighted by Gasteiger charge is 2.30. The smallest absolute Gasteiger partial charge is 0.336 e. The maximum Gasteiger partial charge on any atom is 0.416 e. The van der Waals surface area contributed by atoms with Gasteiger partial charge in [0.25, 0.3) is 5.91 Å². The van der Waals surface area contributed by atoms with Crippen molar-refractivity contribution < 1.29 is 22.8 Å². The second-order valence-corrected chi connectivity index (χ2v) is 8.22. The second kappa shape index (κ2) is 9.20. The van der Waals surface area contributed by atoms with Gasteiger partial charge >= 0.3 is 12.2 Å². The van der Waals surface area contributed by atoms with E-state index in [-0.39, 0.29) is 18.0 Å². The fourth-order valence-corrected chi connectivity index (χ4v) is 3.66. The van der Waals surface area contributed by atoms with E-state index in [0.29, 0.717) is 44.0 Å². The van der Waals surface area contributed by atoms with Gasteiger partial charge in [-0.05, 0) is 48.7 Å². The van der Waals surface area contributed by atoms with E-state index in [1.165, 1.54) is 12.1 Å². The number of halogens is 3. The summed E-state index contributed by atoms with van der Waals surface area (Å²) in [6.45, 7) is 2.86. The normalized spacial score (nSPS) is 17.2. The van der Waals surface area contributed by atoms with Crippen molar-refractivity contribution in [2.45, 2.75) is 31.6 Å². The molecule has 6 nitrogen and oxygen atoms in total. The lowest BCUT2D eigenvalue weighted by atomic mass is 10.1. The highest BCUT2D eigenvalue weighted by molar-refractivity contribution is 5.97. The van der Waals surface area contributed by atoms with Crippen LogP contribution in [0.2, 0.25) is 0 Å². The number of hydrogen-bond donors (Lipinski definition) is 2. The van der Waals surface area contributed by atoms with Gasteiger partial charge in [-0.25, -0.2) is 4.79 Å². The molecule has 0 aromatic heterocycles. The number of benzene rings is 2. The lowest BCUT2D eigenvalue weighted by molar-refractivity contribution is -0.137. The molecule has 1 aliphatic heterocycles. The predicted octanol–water partition coefficient (Wildman–Crippen LogP) is 3.95. The van der Waals surface area contributed by atoms with Gasteiger partial charge in [-0.1, -0.05) is 18.2 Å².